The Morgan fingerprint density at radius 1 is 1.60 bits per heavy atom. The summed E-state index contributed by atoms with van der Waals surface area (Å²) in [6.07, 6.45) is 8.14. The second kappa shape index (κ2) is 4.93. The van der Waals surface area contributed by atoms with Crippen molar-refractivity contribution in [2.75, 3.05) is 0 Å². The second-order valence-electron chi connectivity index (χ2n) is 2.31. The van der Waals surface area contributed by atoms with Crippen molar-refractivity contribution >= 4 is 0 Å². The van der Waals surface area contributed by atoms with Gasteiger partial charge in [-0.3, -0.25) is 0 Å². The number of aliphatic hydroxyl groups excluding tert-OH is 1. The summed E-state index contributed by atoms with van der Waals surface area (Å²) in [6.45, 7) is 3.73. The molecule has 1 N–H and O–H groups in total. The Kier molecular flexibility index (Phi) is 4.49. The molecule has 0 aliphatic heterocycles. The summed E-state index contributed by atoms with van der Waals surface area (Å²) in [7, 11) is 0. The fraction of sp³-hybridized carbons (Fsp3) is 0.556. The minimum atomic E-state index is 0.288. The van der Waals surface area contributed by atoms with E-state index >= 15 is 0 Å². The van der Waals surface area contributed by atoms with Crippen LogP contribution in [0.15, 0.2) is 11.3 Å². The average Bonchev–Trinajstić information content (AvgIpc) is 1.89. The van der Waals surface area contributed by atoms with Gasteiger partial charge >= 0.3 is 0 Å². The van der Waals surface area contributed by atoms with Gasteiger partial charge < -0.3 is 5.11 Å². The van der Waals surface area contributed by atoms with Crippen LogP contribution in [0.4, 0.5) is 0 Å². The lowest BCUT2D eigenvalue weighted by Gasteiger charge is -1.98. The molecular weight excluding hydrogens is 124 g/mol. The molecule has 10 heavy (non-hydrogen) atoms. The first kappa shape index (κ1) is 9.10. The standard InChI is InChI=1S/C9H14O/c1-4-6-7-9(5-2)8(3)10/h2,10H,4,6-7H2,1,3H3. The van der Waals surface area contributed by atoms with Crippen molar-refractivity contribution in [3.63, 3.8) is 0 Å². The predicted octanol–water partition coefficient (Wildman–Crippen LogP) is 2.64. The normalized spacial score (nSPS) is 12.1. The molecule has 0 unspecified atom stereocenters. The Labute approximate surface area is 62.8 Å². The molecule has 0 amide bonds. The van der Waals surface area contributed by atoms with Crippen molar-refractivity contribution in [2.45, 2.75) is 33.1 Å². The van der Waals surface area contributed by atoms with Gasteiger partial charge in [-0.25, -0.2) is 0 Å². The highest BCUT2D eigenvalue weighted by molar-refractivity contribution is 5.26. The Morgan fingerprint density at radius 2 is 2.20 bits per heavy atom. The molecule has 1 heteroatoms. The lowest BCUT2D eigenvalue weighted by atomic mass is 10.1. The maximum absolute atomic E-state index is 8.98. The summed E-state index contributed by atoms with van der Waals surface area (Å²) < 4.78 is 0. The number of hydrogen-bond donors (Lipinski definition) is 1. The van der Waals surface area contributed by atoms with Crippen LogP contribution in [0.2, 0.25) is 0 Å². The quantitative estimate of drug-likeness (QED) is 0.469. The van der Waals surface area contributed by atoms with Gasteiger partial charge in [0.25, 0.3) is 0 Å². The van der Waals surface area contributed by atoms with Crippen molar-refractivity contribution in [3.05, 3.63) is 11.3 Å². The largest absolute Gasteiger partial charge is 0.512 e. The molecule has 0 bridgehead atoms. The maximum Gasteiger partial charge on any atom is 0.101 e. The number of terminal acetylenes is 1. The van der Waals surface area contributed by atoms with Gasteiger partial charge in [0.1, 0.15) is 5.76 Å². The summed E-state index contributed by atoms with van der Waals surface area (Å²) in [6, 6.07) is 0. The van der Waals surface area contributed by atoms with Gasteiger partial charge in [-0.15, -0.1) is 6.42 Å². The van der Waals surface area contributed by atoms with E-state index in [0.29, 0.717) is 0 Å². The molecule has 0 fully saturated rings. The summed E-state index contributed by atoms with van der Waals surface area (Å²) in [5.41, 5.74) is 0.738. The Balaban J connectivity index is 3.89. The van der Waals surface area contributed by atoms with Crippen LogP contribution in [0, 0.1) is 12.3 Å². The van der Waals surface area contributed by atoms with Crippen LogP contribution in [0.3, 0.4) is 0 Å². The molecule has 0 aromatic carbocycles. The molecule has 0 aromatic heterocycles. The van der Waals surface area contributed by atoms with Crippen molar-refractivity contribution in [3.8, 4) is 12.3 Å². The molecule has 0 radical (unpaired) electrons. The first-order chi connectivity index (χ1) is 4.72. The molecule has 0 aromatic rings. The SMILES string of the molecule is C#CC(CCCC)=C(C)O. The smallest absolute Gasteiger partial charge is 0.101 e. The third-order valence-electron chi connectivity index (χ3n) is 1.39. The third-order valence-corrected chi connectivity index (χ3v) is 1.39. The van der Waals surface area contributed by atoms with E-state index in [1.807, 2.05) is 0 Å². The fourth-order valence-electron chi connectivity index (χ4n) is 0.711. The molecule has 0 saturated heterocycles. The van der Waals surface area contributed by atoms with Gasteiger partial charge in [-0.2, -0.15) is 0 Å². The minimum absolute atomic E-state index is 0.288. The second-order valence-corrected chi connectivity index (χ2v) is 2.31. The zero-order valence-corrected chi connectivity index (χ0v) is 6.65. The topological polar surface area (TPSA) is 20.2 Å². The average molecular weight is 138 g/mol. The van der Waals surface area contributed by atoms with E-state index in [4.69, 9.17) is 11.5 Å². The maximum atomic E-state index is 8.98. The summed E-state index contributed by atoms with van der Waals surface area (Å²) >= 11 is 0. The number of rotatable bonds is 3. The van der Waals surface area contributed by atoms with Crippen molar-refractivity contribution < 1.29 is 5.11 Å². The molecule has 0 rings (SSSR count). The van der Waals surface area contributed by atoms with Crippen LogP contribution >= 0.6 is 0 Å². The van der Waals surface area contributed by atoms with Crippen molar-refractivity contribution in [2.24, 2.45) is 0 Å². The van der Waals surface area contributed by atoms with Crippen molar-refractivity contribution in [1.29, 1.82) is 0 Å². The van der Waals surface area contributed by atoms with Gasteiger partial charge in [0.2, 0.25) is 0 Å². The highest BCUT2D eigenvalue weighted by Gasteiger charge is 1.95. The van der Waals surface area contributed by atoms with Gasteiger partial charge in [-0.05, 0) is 19.8 Å². The monoisotopic (exact) mass is 138 g/mol. The molecule has 0 aliphatic carbocycles. The van der Waals surface area contributed by atoms with Crippen LogP contribution < -0.4 is 0 Å². The highest BCUT2D eigenvalue weighted by atomic mass is 16.3. The molecule has 0 aliphatic rings. The molecule has 0 spiro atoms. The molecular formula is C9H14O. The third kappa shape index (κ3) is 3.19. The zero-order chi connectivity index (χ0) is 7.98. The van der Waals surface area contributed by atoms with Crippen LogP contribution in [0.1, 0.15) is 33.1 Å². The van der Waals surface area contributed by atoms with E-state index < -0.39 is 0 Å². The van der Waals surface area contributed by atoms with Crippen molar-refractivity contribution in [1.82, 2.24) is 0 Å². The summed E-state index contributed by atoms with van der Waals surface area (Å²) in [5, 5.41) is 8.98. The number of allylic oxidation sites excluding steroid dienone is 2. The van der Waals surface area contributed by atoms with Gasteiger partial charge in [-0.1, -0.05) is 19.3 Å². The van der Waals surface area contributed by atoms with Crippen LogP contribution in [-0.2, 0) is 0 Å². The minimum Gasteiger partial charge on any atom is -0.512 e. The van der Waals surface area contributed by atoms with E-state index in [9.17, 15) is 0 Å². The number of aliphatic hydroxyl groups is 1. The van der Waals surface area contributed by atoms with E-state index in [1.54, 1.807) is 6.92 Å². The lowest BCUT2D eigenvalue weighted by molar-refractivity contribution is 0.406. The molecule has 0 atom stereocenters. The molecule has 0 saturated carbocycles. The molecule has 1 nitrogen and oxygen atoms in total. The number of unbranched alkanes of at least 4 members (excludes halogenated alkanes) is 1. The Hall–Kier alpha value is -0.900. The summed E-state index contributed by atoms with van der Waals surface area (Å²) in [5.74, 6) is 2.75. The molecule has 0 heterocycles. The number of hydrogen-bond acceptors (Lipinski definition) is 1. The molecule has 56 valence electrons. The van der Waals surface area contributed by atoms with Gasteiger partial charge in [0.05, 0.1) is 0 Å². The van der Waals surface area contributed by atoms with E-state index in [-0.39, 0.29) is 5.76 Å². The first-order valence-electron chi connectivity index (χ1n) is 3.57. The van der Waals surface area contributed by atoms with Crippen LogP contribution in [-0.4, -0.2) is 5.11 Å². The zero-order valence-electron chi connectivity index (χ0n) is 6.65. The van der Waals surface area contributed by atoms with Crippen LogP contribution in [0.5, 0.6) is 0 Å². The van der Waals surface area contributed by atoms with E-state index in [0.717, 1.165) is 24.8 Å². The summed E-state index contributed by atoms with van der Waals surface area (Å²) in [4.78, 5) is 0. The lowest BCUT2D eigenvalue weighted by Crippen LogP contribution is -1.84. The first-order valence-corrected chi connectivity index (χ1v) is 3.57. The Bertz CT molecular complexity index is 156. The van der Waals surface area contributed by atoms with Crippen LogP contribution in [0.25, 0.3) is 0 Å². The fourth-order valence-corrected chi connectivity index (χ4v) is 0.711. The predicted molar refractivity (Wildman–Crippen MR) is 43.7 cm³/mol. The van der Waals surface area contributed by atoms with Gasteiger partial charge in [0.15, 0.2) is 0 Å². The van der Waals surface area contributed by atoms with E-state index in [2.05, 4.69) is 12.8 Å². The van der Waals surface area contributed by atoms with E-state index in [1.165, 1.54) is 0 Å². The highest BCUT2D eigenvalue weighted by Crippen LogP contribution is 2.08. The van der Waals surface area contributed by atoms with Gasteiger partial charge in [0, 0.05) is 5.57 Å². The Morgan fingerprint density at radius 3 is 2.50 bits per heavy atom.